The number of hydrogen-bond acceptors (Lipinski definition) is 5. The van der Waals surface area contributed by atoms with Crippen LogP contribution >= 0.6 is 0 Å². The van der Waals surface area contributed by atoms with Crippen LogP contribution in [0.15, 0.2) is 47.4 Å². The lowest BCUT2D eigenvalue weighted by molar-refractivity contribution is 0.0699. The van der Waals surface area contributed by atoms with Crippen molar-refractivity contribution in [3.8, 4) is 17.0 Å². The van der Waals surface area contributed by atoms with Gasteiger partial charge in [-0.25, -0.2) is 18.2 Å². The zero-order chi connectivity index (χ0) is 22.1. The van der Waals surface area contributed by atoms with Gasteiger partial charge in [0.2, 0.25) is 10.0 Å². The predicted molar refractivity (Wildman–Crippen MR) is 116 cm³/mol. The summed E-state index contributed by atoms with van der Waals surface area (Å²) in [6.07, 6.45) is 0. The number of nitrogens with zero attached hydrogens (tertiary/aromatic N) is 2. The van der Waals surface area contributed by atoms with Crippen molar-refractivity contribution in [2.45, 2.75) is 25.7 Å². The first-order valence-electron chi connectivity index (χ1n) is 9.56. The van der Waals surface area contributed by atoms with Gasteiger partial charge in [0.1, 0.15) is 5.75 Å². The van der Waals surface area contributed by atoms with Gasteiger partial charge in [-0.3, -0.25) is 0 Å². The molecule has 0 atom stereocenters. The molecule has 0 radical (unpaired) electrons. The second-order valence-corrected chi connectivity index (χ2v) is 8.75. The maximum Gasteiger partial charge on any atom is 0.336 e. The zero-order valence-corrected chi connectivity index (χ0v) is 18.2. The molecule has 0 saturated carbocycles. The van der Waals surface area contributed by atoms with Crippen molar-refractivity contribution in [3.63, 3.8) is 0 Å². The molecule has 0 aliphatic rings. The molecule has 3 aromatic rings. The van der Waals surface area contributed by atoms with Crippen LogP contribution in [0.3, 0.4) is 0 Å². The topological polar surface area (TPSA) is 96.8 Å². The molecule has 1 heterocycles. The van der Waals surface area contributed by atoms with Crippen LogP contribution in [0.5, 0.6) is 5.75 Å². The Labute approximate surface area is 176 Å². The van der Waals surface area contributed by atoms with Crippen LogP contribution < -0.4 is 4.74 Å². The van der Waals surface area contributed by atoms with Gasteiger partial charge in [0.05, 0.1) is 28.8 Å². The minimum Gasteiger partial charge on any atom is -0.497 e. The fourth-order valence-electron chi connectivity index (χ4n) is 3.44. The number of rotatable bonds is 7. The highest BCUT2D eigenvalue weighted by molar-refractivity contribution is 7.89. The number of fused-ring (bicyclic) bond motifs is 1. The molecule has 1 aromatic heterocycles. The number of aryl methyl sites for hydroxylation is 1. The number of benzene rings is 2. The highest BCUT2D eigenvalue weighted by Gasteiger charge is 2.23. The van der Waals surface area contributed by atoms with E-state index in [1.54, 1.807) is 33.1 Å². The average molecular weight is 429 g/mol. The number of carboxylic acids is 1. The number of carbonyl (C=O) groups is 1. The molecule has 0 saturated heterocycles. The number of ether oxygens (including phenoxy) is 1. The van der Waals surface area contributed by atoms with Gasteiger partial charge in [0, 0.05) is 24.0 Å². The lowest BCUT2D eigenvalue weighted by Gasteiger charge is -2.19. The van der Waals surface area contributed by atoms with Crippen molar-refractivity contribution >= 4 is 26.9 Å². The Morgan fingerprint density at radius 2 is 1.80 bits per heavy atom. The number of carboxylic acid groups (broad SMARTS) is 1. The highest BCUT2D eigenvalue weighted by Crippen LogP contribution is 2.31. The van der Waals surface area contributed by atoms with Crippen LogP contribution in [0, 0.1) is 6.92 Å². The Balaban J connectivity index is 2.22. The van der Waals surface area contributed by atoms with Crippen LogP contribution in [-0.4, -0.2) is 49.0 Å². The monoisotopic (exact) mass is 428 g/mol. The summed E-state index contributed by atoms with van der Waals surface area (Å²) in [6, 6.07) is 11.4. The Morgan fingerprint density at radius 3 is 2.37 bits per heavy atom. The van der Waals surface area contributed by atoms with Gasteiger partial charge in [-0.2, -0.15) is 4.31 Å². The third-order valence-corrected chi connectivity index (χ3v) is 7.11. The minimum absolute atomic E-state index is 0.00168. The molecule has 30 heavy (non-hydrogen) atoms. The minimum atomic E-state index is -3.71. The SMILES string of the molecule is CCN(CC)S(=O)(=O)c1ccc2nc(-c3ccc(OC)cc3C)cc(C(=O)O)c2c1. The Bertz CT molecular complexity index is 1220. The summed E-state index contributed by atoms with van der Waals surface area (Å²) in [5.74, 6) is -0.450. The van der Waals surface area contributed by atoms with Gasteiger partial charge in [-0.1, -0.05) is 13.8 Å². The zero-order valence-electron chi connectivity index (χ0n) is 17.3. The molecule has 0 fully saturated rings. The Hall–Kier alpha value is -2.97. The lowest BCUT2D eigenvalue weighted by atomic mass is 10.0. The van der Waals surface area contributed by atoms with Gasteiger partial charge in [0.25, 0.3) is 0 Å². The summed E-state index contributed by atoms with van der Waals surface area (Å²) in [4.78, 5) is 16.6. The van der Waals surface area contributed by atoms with Gasteiger partial charge in [-0.05, 0) is 55.0 Å². The standard InChI is InChI=1S/C22H24N2O5S/c1-5-24(6-2)30(27,28)16-8-10-20-18(12-16)19(22(25)26)13-21(23-20)17-9-7-15(29-4)11-14(17)3/h7-13H,5-6H2,1-4H3,(H,25,26). The molecule has 3 rings (SSSR count). The summed E-state index contributed by atoms with van der Waals surface area (Å²) in [7, 11) is -2.13. The first kappa shape index (κ1) is 21.7. The smallest absolute Gasteiger partial charge is 0.336 e. The molecule has 0 unspecified atom stereocenters. The third-order valence-electron chi connectivity index (χ3n) is 5.06. The predicted octanol–water partition coefficient (Wildman–Crippen LogP) is 3.95. The molecule has 0 bridgehead atoms. The summed E-state index contributed by atoms with van der Waals surface area (Å²) < 4.78 is 32.3. The molecule has 8 heteroatoms. The van der Waals surface area contributed by atoms with Crippen molar-refractivity contribution in [1.29, 1.82) is 0 Å². The van der Waals surface area contributed by atoms with Crippen molar-refractivity contribution in [2.24, 2.45) is 0 Å². The molecule has 158 valence electrons. The van der Waals surface area contributed by atoms with Crippen molar-refractivity contribution < 1.29 is 23.1 Å². The second-order valence-electron chi connectivity index (χ2n) is 6.81. The summed E-state index contributed by atoms with van der Waals surface area (Å²) in [6.45, 7) is 6.07. The van der Waals surface area contributed by atoms with E-state index in [0.717, 1.165) is 11.1 Å². The van der Waals surface area contributed by atoms with E-state index in [-0.39, 0.29) is 15.8 Å². The van der Waals surface area contributed by atoms with E-state index in [1.165, 1.54) is 22.5 Å². The summed E-state index contributed by atoms with van der Waals surface area (Å²) >= 11 is 0. The highest BCUT2D eigenvalue weighted by atomic mass is 32.2. The van der Waals surface area contributed by atoms with E-state index < -0.39 is 16.0 Å². The quantitative estimate of drug-likeness (QED) is 0.612. The van der Waals surface area contributed by atoms with E-state index in [9.17, 15) is 18.3 Å². The maximum absolute atomic E-state index is 12.9. The van der Waals surface area contributed by atoms with Crippen molar-refractivity contribution in [3.05, 3.63) is 53.6 Å². The van der Waals surface area contributed by atoms with Crippen LogP contribution in [0.1, 0.15) is 29.8 Å². The number of aromatic carboxylic acids is 1. The number of methoxy groups -OCH3 is 1. The number of pyridine rings is 1. The van der Waals surface area contributed by atoms with Gasteiger partial charge in [0.15, 0.2) is 0 Å². The first-order valence-corrected chi connectivity index (χ1v) is 11.0. The van der Waals surface area contributed by atoms with Crippen molar-refractivity contribution in [2.75, 3.05) is 20.2 Å². The van der Waals surface area contributed by atoms with Crippen LogP contribution in [-0.2, 0) is 10.0 Å². The fourth-order valence-corrected chi connectivity index (χ4v) is 4.93. The molecule has 0 aliphatic carbocycles. The summed E-state index contributed by atoms with van der Waals surface area (Å²) in [5.41, 5.74) is 2.58. The van der Waals surface area contributed by atoms with Crippen LogP contribution in [0.2, 0.25) is 0 Å². The van der Waals surface area contributed by atoms with Crippen LogP contribution in [0.25, 0.3) is 22.2 Å². The number of sulfonamides is 1. The number of hydrogen-bond donors (Lipinski definition) is 1. The Kier molecular flexibility index (Phi) is 6.09. The van der Waals surface area contributed by atoms with E-state index >= 15 is 0 Å². The largest absolute Gasteiger partial charge is 0.497 e. The number of aromatic nitrogens is 1. The third kappa shape index (κ3) is 3.88. The lowest BCUT2D eigenvalue weighted by Crippen LogP contribution is -2.30. The molecule has 2 aromatic carbocycles. The molecule has 0 aliphatic heterocycles. The molecule has 7 nitrogen and oxygen atoms in total. The van der Waals surface area contributed by atoms with Crippen LogP contribution in [0.4, 0.5) is 0 Å². The van der Waals surface area contributed by atoms with Gasteiger partial charge >= 0.3 is 5.97 Å². The molecule has 1 N–H and O–H groups in total. The molecular formula is C22H24N2O5S. The molecular weight excluding hydrogens is 404 g/mol. The maximum atomic E-state index is 12.9. The van der Waals surface area contributed by atoms with E-state index in [1.807, 2.05) is 19.1 Å². The van der Waals surface area contributed by atoms with Gasteiger partial charge in [-0.15, -0.1) is 0 Å². The normalized spacial score (nSPS) is 11.8. The van der Waals surface area contributed by atoms with Crippen molar-refractivity contribution in [1.82, 2.24) is 9.29 Å². The molecule has 0 spiro atoms. The van der Waals surface area contributed by atoms with E-state index in [0.29, 0.717) is 30.0 Å². The van der Waals surface area contributed by atoms with Gasteiger partial charge < -0.3 is 9.84 Å². The first-order chi connectivity index (χ1) is 14.2. The second kappa shape index (κ2) is 8.41. The average Bonchev–Trinajstić information content (AvgIpc) is 2.72. The van der Waals surface area contributed by atoms with E-state index in [4.69, 9.17) is 4.74 Å². The Morgan fingerprint density at radius 1 is 1.10 bits per heavy atom. The molecule has 0 amide bonds. The fraction of sp³-hybridized carbons (Fsp3) is 0.273. The van der Waals surface area contributed by atoms with E-state index in [2.05, 4.69) is 4.98 Å². The summed E-state index contributed by atoms with van der Waals surface area (Å²) in [5, 5.41) is 10.1.